The Balaban J connectivity index is 0. The Morgan fingerprint density at radius 3 is 1.71 bits per heavy atom. The number of nitrogens with two attached hydrogens (primary N) is 1. The van der Waals surface area contributed by atoms with Crippen molar-refractivity contribution in [1.82, 2.24) is 0 Å². The molecule has 0 rings (SSSR count). The maximum absolute atomic E-state index is 9.32. The minimum absolute atomic E-state index is 0. The second kappa shape index (κ2) is 3.47. The molecule has 0 atom stereocenters. The first-order valence-corrected chi connectivity index (χ1v) is 2.77. The first-order valence-electron chi connectivity index (χ1n) is 1.20. The first kappa shape index (κ1) is 10.4. The maximum Gasteiger partial charge on any atom is 1.00 e. The summed E-state index contributed by atoms with van der Waals surface area (Å²) in [5.41, 5.74) is 4.41. The summed E-state index contributed by atoms with van der Waals surface area (Å²) in [4.78, 5) is 0. The van der Waals surface area contributed by atoms with Crippen LogP contribution in [0, 0.1) is 0 Å². The molecular formula is CH4LiNO3S. The van der Waals surface area contributed by atoms with Gasteiger partial charge < -0.3 is 10.3 Å². The fraction of sp³-hybridized carbons (Fsp3) is 1.00. The normalized spacial score (nSPS) is 10.0. The Hall–Kier alpha value is 0.467. The van der Waals surface area contributed by atoms with Crippen LogP contribution in [-0.2, 0) is 10.1 Å². The SMILES string of the molecule is NCS(=O)(=O)[O-].[Li+]. The van der Waals surface area contributed by atoms with Gasteiger partial charge in [0.25, 0.3) is 0 Å². The molecule has 0 radical (unpaired) electrons. The van der Waals surface area contributed by atoms with Gasteiger partial charge in [-0.25, -0.2) is 8.42 Å². The molecular weight excluding hydrogens is 113 g/mol. The van der Waals surface area contributed by atoms with Crippen LogP contribution in [0.5, 0.6) is 0 Å². The second-order valence-corrected chi connectivity index (χ2v) is 2.17. The molecule has 7 heavy (non-hydrogen) atoms. The fourth-order valence-electron chi connectivity index (χ4n) is 0. The fourth-order valence-corrected chi connectivity index (χ4v) is 0. The van der Waals surface area contributed by atoms with Crippen LogP contribution in [-0.4, -0.2) is 18.8 Å². The molecule has 0 aromatic heterocycles. The summed E-state index contributed by atoms with van der Waals surface area (Å²) in [5, 5.41) is 0. The Labute approximate surface area is 54.0 Å². The molecule has 0 saturated carbocycles. The van der Waals surface area contributed by atoms with Gasteiger partial charge in [0.2, 0.25) is 0 Å². The van der Waals surface area contributed by atoms with Gasteiger partial charge in [-0.15, -0.1) is 0 Å². The standard InChI is InChI=1S/CH5NO3S.Li/c2-1-6(3,4)5;/h1-2H2,(H,3,4,5);/q;+1/p-1. The molecule has 6 heteroatoms. The van der Waals surface area contributed by atoms with Crippen LogP contribution in [0.3, 0.4) is 0 Å². The van der Waals surface area contributed by atoms with Gasteiger partial charge in [0.05, 0.1) is 5.88 Å². The van der Waals surface area contributed by atoms with Crippen LogP contribution in [0.2, 0.25) is 0 Å². The summed E-state index contributed by atoms with van der Waals surface area (Å²) in [6.07, 6.45) is 0. The quantitative estimate of drug-likeness (QED) is 0.277. The van der Waals surface area contributed by atoms with E-state index in [2.05, 4.69) is 5.73 Å². The molecule has 0 amide bonds. The van der Waals surface area contributed by atoms with Gasteiger partial charge in [0.15, 0.2) is 0 Å². The van der Waals surface area contributed by atoms with E-state index in [4.69, 9.17) is 0 Å². The third-order valence-electron chi connectivity index (χ3n) is 0.204. The van der Waals surface area contributed by atoms with E-state index >= 15 is 0 Å². The van der Waals surface area contributed by atoms with Crippen molar-refractivity contribution >= 4 is 10.1 Å². The summed E-state index contributed by atoms with van der Waals surface area (Å²) < 4.78 is 28.0. The maximum atomic E-state index is 9.32. The molecule has 4 nitrogen and oxygen atoms in total. The Bertz CT molecular complexity index is 117. The molecule has 0 aliphatic heterocycles. The van der Waals surface area contributed by atoms with E-state index in [1.54, 1.807) is 0 Å². The number of hydrogen-bond acceptors (Lipinski definition) is 4. The minimum atomic E-state index is -4.13. The van der Waals surface area contributed by atoms with Crippen LogP contribution in [0.1, 0.15) is 0 Å². The average Bonchev–Trinajstić information content (AvgIpc) is 1.35. The molecule has 0 heterocycles. The molecule has 0 unspecified atom stereocenters. The van der Waals surface area contributed by atoms with Gasteiger partial charge in [-0.1, -0.05) is 0 Å². The van der Waals surface area contributed by atoms with E-state index in [-0.39, 0.29) is 18.9 Å². The van der Waals surface area contributed by atoms with Gasteiger partial charge in [-0.3, -0.25) is 0 Å². The minimum Gasteiger partial charge on any atom is -0.747 e. The smallest absolute Gasteiger partial charge is 0.747 e. The molecule has 38 valence electrons. The van der Waals surface area contributed by atoms with Crippen LogP contribution >= 0.6 is 0 Å². The molecule has 0 aliphatic rings. The van der Waals surface area contributed by atoms with E-state index in [0.717, 1.165) is 0 Å². The van der Waals surface area contributed by atoms with Crippen LogP contribution < -0.4 is 24.6 Å². The van der Waals surface area contributed by atoms with E-state index in [0.29, 0.717) is 0 Å². The van der Waals surface area contributed by atoms with Crippen LogP contribution in [0.25, 0.3) is 0 Å². The van der Waals surface area contributed by atoms with E-state index in [1.807, 2.05) is 0 Å². The van der Waals surface area contributed by atoms with Gasteiger partial charge in [-0.2, -0.15) is 0 Å². The third-order valence-corrected chi connectivity index (χ3v) is 0.612. The summed E-state index contributed by atoms with van der Waals surface area (Å²) in [7, 11) is -4.13. The van der Waals surface area contributed by atoms with Crippen molar-refractivity contribution in [3.05, 3.63) is 0 Å². The van der Waals surface area contributed by atoms with Crippen LogP contribution in [0.15, 0.2) is 0 Å². The molecule has 2 N–H and O–H groups in total. The Morgan fingerprint density at radius 1 is 1.57 bits per heavy atom. The summed E-state index contributed by atoms with van der Waals surface area (Å²) in [5.74, 6) is -0.812. The second-order valence-electron chi connectivity index (χ2n) is 0.724. The average molecular weight is 117 g/mol. The summed E-state index contributed by atoms with van der Waals surface area (Å²) in [6.45, 7) is 0. The van der Waals surface area contributed by atoms with Gasteiger partial charge in [0.1, 0.15) is 10.1 Å². The van der Waals surface area contributed by atoms with Crippen LogP contribution in [0.4, 0.5) is 0 Å². The monoisotopic (exact) mass is 117 g/mol. The number of rotatable bonds is 1. The summed E-state index contributed by atoms with van der Waals surface area (Å²) >= 11 is 0. The summed E-state index contributed by atoms with van der Waals surface area (Å²) in [6, 6.07) is 0. The van der Waals surface area contributed by atoms with Crippen molar-refractivity contribution in [3.8, 4) is 0 Å². The third kappa shape index (κ3) is 10.7. The Morgan fingerprint density at radius 2 is 1.71 bits per heavy atom. The van der Waals surface area contributed by atoms with Gasteiger partial charge >= 0.3 is 18.9 Å². The van der Waals surface area contributed by atoms with Crippen molar-refractivity contribution in [2.45, 2.75) is 0 Å². The van der Waals surface area contributed by atoms with Crippen molar-refractivity contribution < 1.29 is 31.8 Å². The predicted molar refractivity (Wildman–Crippen MR) is 18.8 cm³/mol. The molecule has 0 fully saturated rings. The molecule has 0 aliphatic carbocycles. The number of hydrogen-bond donors (Lipinski definition) is 1. The largest absolute Gasteiger partial charge is 1.00 e. The Kier molecular flexibility index (Phi) is 5.18. The topological polar surface area (TPSA) is 83.2 Å². The van der Waals surface area contributed by atoms with E-state index in [1.165, 1.54) is 0 Å². The molecule has 0 spiro atoms. The van der Waals surface area contributed by atoms with Crippen molar-refractivity contribution in [3.63, 3.8) is 0 Å². The zero-order chi connectivity index (χ0) is 5.21. The molecule has 0 aromatic carbocycles. The van der Waals surface area contributed by atoms with Crippen molar-refractivity contribution in [2.24, 2.45) is 5.73 Å². The van der Waals surface area contributed by atoms with Gasteiger partial charge in [0, 0.05) is 0 Å². The van der Waals surface area contributed by atoms with Gasteiger partial charge in [-0.05, 0) is 0 Å². The zero-order valence-corrected chi connectivity index (χ0v) is 4.73. The first-order chi connectivity index (χ1) is 2.56. The van der Waals surface area contributed by atoms with Crippen molar-refractivity contribution in [2.75, 3.05) is 5.88 Å². The zero-order valence-electron chi connectivity index (χ0n) is 3.92. The molecule has 0 bridgehead atoms. The molecule has 0 saturated heterocycles. The predicted octanol–water partition coefficient (Wildman–Crippen LogP) is -4.55. The van der Waals surface area contributed by atoms with E-state index in [9.17, 15) is 13.0 Å². The van der Waals surface area contributed by atoms with E-state index < -0.39 is 16.0 Å². The van der Waals surface area contributed by atoms with Crippen molar-refractivity contribution in [1.29, 1.82) is 0 Å². The molecule has 0 aromatic rings.